The van der Waals surface area contributed by atoms with Crippen LogP contribution >= 0.6 is 0 Å². The summed E-state index contributed by atoms with van der Waals surface area (Å²) < 4.78 is 5.23. The lowest BCUT2D eigenvalue weighted by Gasteiger charge is -2.24. The van der Waals surface area contributed by atoms with Gasteiger partial charge in [-0.25, -0.2) is 0 Å². The van der Waals surface area contributed by atoms with Crippen molar-refractivity contribution in [2.75, 3.05) is 0 Å². The minimum atomic E-state index is 0.351. The normalized spacial score (nSPS) is 15.4. The van der Waals surface area contributed by atoms with E-state index in [0.29, 0.717) is 18.0 Å². The van der Waals surface area contributed by atoms with E-state index in [1.165, 1.54) is 5.56 Å². The van der Waals surface area contributed by atoms with Gasteiger partial charge in [-0.15, -0.1) is 0 Å². The first kappa shape index (κ1) is 13.2. The summed E-state index contributed by atoms with van der Waals surface area (Å²) in [6, 6.07) is 0.849. The van der Waals surface area contributed by atoms with Crippen LogP contribution in [0.2, 0.25) is 0 Å². The van der Waals surface area contributed by atoms with Gasteiger partial charge in [0.15, 0.2) is 0 Å². The van der Waals surface area contributed by atoms with Crippen molar-refractivity contribution in [3.05, 3.63) is 17.0 Å². The Kier molecular flexibility index (Phi) is 4.54. The molecule has 0 aliphatic rings. The maximum Gasteiger partial charge on any atom is 0.138 e. The number of nitrogens with one attached hydrogen (secondary N) is 1. The molecule has 1 aromatic rings. The van der Waals surface area contributed by atoms with Gasteiger partial charge >= 0.3 is 0 Å². The molecule has 0 saturated carbocycles. The smallest absolute Gasteiger partial charge is 0.138 e. The predicted molar refractivity (Wildman–Crippen MR) is 66.4 cm³/mol. The van der Waals surface area contributed by atoms with E-state index >= 15 is 0 Å². The molecule has 3 nitrogen and oxygen atoms in total. The molecule has 0 bridgehead atoms. The summed E-state index contributed by atoms with van der Waals surface area (Å²) >= 11 is 0. The highest BCUT2D eigenvalue weighted by Gasteiger charge is 2.21. The first-order valence-corrected chi connectivity index (χ1v) is 6.16. The molecule has 0 amide bonds. The second-order valence-corrected chi connectivity index (χ2v) is 4.90. The summed E-state index contributed by atoms with van der Waals surface area (Å²) in [7, 11) is 0. The molecule has 1 aromatic heterocycles. The Morgan fingerprint density at radius 1 is 1.25 bits per heavy atom. The Balaban J connectivity index is 2.83. The first-order chi connectivity index (χ1) is 7.47. The zero-order valence-corrected chi connectivity index (χ0v) is 11.3. The molecular weight excluding hydrogens is 200 g/mol. The van der Waals surface area contributed by atoms with Crippen molar-refractivity contribution < 1.29 is 4.52 Å². The topological polar surface area (TPSA) is 38.1 Å². The molecule has 0 spiro atoms. The summed E-state index contributed by atoms with van der Waals surface area (Å²) in [4.78, 5) is 0. The van der Waals surface area contributed by atoms with Crippen molar-refractivity contribution in [1.82, 2.24) is 10.5 Å². The van der Waals surface area contributed by atoms with E-state index in [1.807, 2.05) is 13.8 Å². The van der Waals surface area contributed by atoms with Crippen LogP contribution in [0.15, 0.2) is 4.52 Å². The molecule has 2 atom stereocenters. The fourth-order valence-electron chi connectivity index (χ4n) is 1.90. The van der Waals surface area contributed by atoms with Crippen LogP contribution in [0.1, 0.15) is 57.2 Å². The number of hydrogen-bond donors (Lipinski definition) is 1. The second kappa shape index (κ2) is 5.48. The molecule has 92 valence electrons. The second-order valence-electron chi connectivity index (χ2n) is 4.90. The third kappa shape index (κ3) is 2.85. The van der Waals surface area contributed by atoms with Gasteiger partial charge in [0.25, 0.3) is 0 Å². The van der Waals surface area contributed by atoms with Crippen LogP contribution in [-0.4, -0.2) is 11.2 Å². The van der Waals surface area contributed by atoms with Crippen molar-refractivity contribution in [2.24, 2.45) is 5.92 Å². The monoisotopic (exact) mass is 224 g/mol. The molecule has 0 fully saturated rings. The molecule has 3 heteroatoms. The molecule has 0 unspecified atom stereocenters. The van der Waals surface area contributed by atoms with E-state index in [1.54, 1.807) is 0 Å². The van der Waals surface area contributed by atoms with Gasteiger partial charge in [0.2, 0.25) is 0 Å². The van der Waals surface area contributed by atoms with Crippen LogP contribution in [0, 0.1) is 19.8 Å². The van der Waals surface area contributed by atoms with Gasteiger partial charge in [-0.05, 0) is 33.1 Å². The van der Waals surface area contributed by atoms with Gasteiger partial charge in [0, 0.05) is 17.6 Å². The van der Waals surface area contributed by atoms with Crippen molar-refractivity contribution in [1.29, 1.82) is 0 Å². The third-order valence-corrected chi connectivity index (χ3v) is 3.31. The van der Waals surface area contributed by atoms with E-state index < -0.39 is 0 Å². The number of nitrogens with zero attached hydrogens (tertiary/aromatic N) is 1. The van der Waals surface area contributed by atoms with E-state index in [2.05, 4.69) is 38.2 Å². The van der Waals surface area contributed by atoms with E-state index in [9.17, 15) is 0 Å². The summed E-state index contributed by atoms with van der Waals surface area (Å²) in [6.45, 7) is 12.9. The van der Waals surface area contributed by atoms with Crippen molar-refractivity contribution in [3.63, 3.8) is 0 Å². The Morgan fingerprint density at radius 3 is 2.25 bits per heavy atom. The average Bonchev–Trinajstić information content (AvgIpc) is 2.55. The summed E-state index contributed by atoms with van der Waals surface area (Å²) in [5.41, 5.74) is 2.24. The summed E-state index contributed by atoms with van der Waals surface area (Å²) in [5.74, 6) is 1.57. The fraction of sp³-hybridized carbons (Fsp3) is 0.769. The van der Waals surface area contributed by atoms with Crippen molar-refractivity contribution in [2.45, 2.75) is 60.0 Å². The molecule has 1 rings (SSSR count). The minimum Gasteiger partial charge on any atom is -0.361 e. The van der Waals surface area contributed by atoms with Crippen LogP contribution < -0.4 is 5.32 Å². The van der Waals surface area contributed by atoms with E-state index in [4.69, 9.17) is 4.52 Å². The molecule has 0 radical (unpaired) electrons. The maximum absolute atomic E-state index is 5.23. The zero-order valence-electron chi connectivity index (χ0n) is 11.3. The van der Waals surface area contributed by atoms with Crippen molar-refractivity contribution in [3.8, 4) is 0 Å². The van der Waals surface area contributed by atoms with Crippen LogP contribution in [0.25, 0.3) is 0 Å². The molecule has 0 aliphatic heterocycles. The molecule has 0 saturated heterocycles. The highest BCUT2D eigenvalue weighted by Crippen LogP contribution is 2.25. The zero-order chi connectivity index (χ0) is 12.3. The van der Waals surface area contributed by atoms with Gasteiger partial charge < -0.3 is 9.84 Å². The Labute approximate surface area is 98.6 Å². The fourth-order valence-corrected chi connectivity index (χ4v) is 1.90. The predicted octanol–water partition coefficient (Wildman–Crippen LogP) is 3.38. The maximum atomic E-state index is 5.23. The number of hydrogen-bond acceptors (Lipinski definition) is 3. The molecule has 1 N–H and O–H groups in total. The number of aromatic nitrogens is 1. The number of rotatable bonds is 5. The molecule has 0 aliphatic carbocycles. The van der Waals surface area contributed by atoms with Gasteiger partial charge in [0.1, 0.15) is 5.76 Å². The molecule has 16 heavy (non-hydrogen) atoms. The first-order valence-electron chi connectivity index (χ1n) is 6.16. The Hall–Kier alpha value is -0.830. The lowest BCUT2D eigenvalue weighted by molar-refractivity contribution is 0.362. The van der Waals surface area contributed by atoms with Gasteiger partial charge in [-0.1, -0.05) is 25.9 Å². The van der Waals surface area contributed by atoms with Gasteiger partial charge in [-0.3, -0.25) is 0 Å². The quantitative estimate of drug-likeness (QED) is 0.833. The number of aryl methyl sites for hydroxylation is 2. The summed E-state index contributed by atoms with van der Waals surface area (Å²) in [5, 5.41) is 7.67. The van der Waals surface area contributed by atoms with E-state index in [0.717, 1.165) is 17.9 Å². The lowest BCUT2D eigenvalue weighted by atomic mass is 9.99. The highest BCUT2D eigenvalue weighted by atomic mass is 16.5. The largest absolute Gasteiger partial charge is 0.361 e. The standard InChI is InChI=1S/C13H24N2O/c1-7-12(14-9(4)8(2)3)13-10(5)15-16-11(13)6/h8-9,12,14H,7H2,1-6H3/t9-,12+/m0/s1. The van der Waals surface area contributed by atoms with Crippen LogP contribution in [-0.2, 0) is 0 Å². The lowest BCUT2D eigenvalue weighted by Crippen LogP contribution is -2.34. The Bertz CT molecular complexity index is 311. The highest BCUT2D eigenvalue weighted by molar-refractivity contribution is 5.25. The van der Waals surface area contributed by atoms with Gasteiger partial charge in [-0.2, -0.15) is 0 Å². The third-order valence-electron chi connectivity index (χ3n) is 3.31. The minimum absolute atomic E-state index is 0.351. The SMILES string of the molecule is CC[C@@H](N[C@@H](C)C(C)C)c1c(C)noc1C. The van der Waals surface area contributed by atoms with Crippen molar-refractivity contribution >= 4 is 0 Å². The van der Waals surface area contributed by atoms with Crippen LogP contribution in [0.3, 0.4) is 0 Å². The van der Waals surface area contributed by atoms with E-state index in [-0.39, 0.29) is 0 Å². The van der Waals surface area contributed by atoms with Crippen LogP contribution in [0.5, 0.6) is 0 Å². The average molecular weight is 224 g/mol. The van der Waals surface area contributed by atoms with Gasteiger partial charge in [0.05, 0.1) is 5.69 Å². The Morgan fingerprint density at radius 2 is 1.88 bits per heavy atom. The summed E-state index contributed by atoms with van der Waals surface area (Å²) in [6.07, 6.45) is 1.06. The van der Waals surface area contributed by atoms with Crippen LogP contribution in [0.4, 0.5) is 0 Å². The molecular formula is C13H24N2O. The molecule has 0 aromatic carbocycles. The molecule has 1 heterocycles.